The van der Waals surface area contributed by atoms with Crippen LogP contribution in [0.3, 0.4) is 0 Å². The second-order valence-electron chi connectivity index (χ2n) is 11.5. The fraction of sp³-hybridized carbons (Fsp3) is 0.875. The molecule has 3 heterocycles. The van der Waals surface area contributed by atoms with E-state index in [9.17, 15) is 19.5 Å². The Hall–Kier alpha value is -1.75. The molecule has 5 rings (SSSR count). The quantitative estimate of drug-likeness (QED) is 0.461. The van der Waals surface area contributed by atoms with Crippen LogP contribution in [0.15, 0.2) is 0 Å². The monoisotopic (exact) mass is 482 g/mol. The van der Waals surface area contributed by atoms with Crippen LogP contribution in [-0.4, -0.2) is 73.7 Å². The highest BCUT2D eigenvalue weighted by Crippen LogP contribution is 2.84. The molecule has 34 heavy (non-hydrogen) atoms. The van der Waals surface area contributed by atoms with E-state index < -0.39 is 88.4 Å². The van der Waals surface area contributed by atoms with Crippen molar-refractivity contribution in [2.24, 2.45) is 34.0 Å². The van der Waals surface area contributed by atoms with Gasteiger partial charge in [-0.15, -0.1) is 0 Å². The van der Waals surface area contributed by atoms with Gasteiger partial charge in [-0.25, -0.2) is 4.79 Å². The molecule has 0 aromatic carbocycles. The first kappa shape index (κ1) is 24.0. The predicted molar refractivity (Wildman–Crippen MR) is 113 cm³/mol. The lowest BCUT2D eigenvalue weighted by molar-refractivity contribution is -0.253. The van der Waals surface area contributed by atoms with Crippen molar-refractivity contribution in [2.75, 3.05) is 14.2 Å². The number of ether oxygens (including phenoxy) is 6. The highest BCUT2D eigenvalue weighted by Gasteiger charge is 2.97. The van der Waals surface area contributed by atoms with Crippen LogP contribution in [0.4, 0.5) is 0 Å². The lowest BCUT2D eigenvalue weighted by Gasteiger charge is -2.48. The van der Waals surface area contributed by atoms with Crippen molar-refractivity contribution >= 4 is 17.9 Å². The summed E-state index contributed by atoms with van der Waals surface area (Å²) in [5, 5.41) is 11.4. The smallest absolute Gasteiger partial charge is 0.338 e. The van der Waals surface area contributed by atoms with Crippen LogP contribution in [0.5, 0.6) is 0 Å². The largest absolute Gasteiger partial charge is 0.469 e. The minimum Gasteiger partial charge on any atom is -0.469 e. The molecule has 0 amide bonds. The van der Waals surface area contributed by atoms with Gasteiger partial charge >= 0.3 is 17.9 Å². The van der Waals surface area contributed by atoms with Gasteiger partial charge in [-0.05, 0) is 18.3 Å². The molecule has 10 nitrogen and oxygen atoms in total. The number of rotatable bonds is 4. The van der Waals surface area contributed by atoms with Crippen molar-refractivity contribution in [3.05, 3.63) is 0 Å². The van der Waals surface area contributed by atoms with Gasteiger partial charge in [0, 0.05) is 25.9 Å². The fourth-order valence-electron chi connectivity index (χ4n) is 8.81. The molecule has 0 aromatic rings. The van der Waals surface area contributed by atoms with Gasteiger partial charge in [0.2, 0.25) is 6.29 Å². The van der Waals surface area contributed by atoms with E-state index in [1.165, 1.54) is 21.1 Å². The van der Waals surface area contributed by atoms with Crippen molar-refractivity contribution in [1.82, 2.24) is 0 Å². The van der Waals surface area contributed by atoms with Gasteiger partial charge in [0.25, 0.3) is 0 Å². The summed E-state index contributed by atoms with van der Waals surface area (Å²) in [6.45, 7) is 9.10. The fourth-order valence-corrected chi connectivity index (χ4v) is 8.81. The lowest BCUT2D eigenvalue weighted by atomic mass is 9.51. The number of aliphatic hydroxyl groups is 1. The molecule has 2 spiro atoms. The lowest BCUT2D eigenvalue weighted by Crippen LogP contribution is -2.60. The Morgan fingerprint density at radius 1 is 1.24 bits per heavy atom. The number of esters is 3. The zero-order valence-electron chi connectivity index (χ0n) is 20.7. The summed E-state index contributed by atoms with van der Waals surface area (Å²) >= 11 is 0. The second-order valence-corrected chi connectivity index (χ2v) is 11.5. The Balaban J connectivity index is 1.80. The van der Waals surface area contributed by atoms with Gasteiger partial charge < -0.3 is 33.5 Å². The first-order chi connectivity index (χ1) is 15.9. The summed E-state index contributed by atoms with van der Waals surface area (Å²) in [5.41, 5.74) is -3.97. The molecule has 0 bridgehead atoms. The molecule has 1 N–H and O–H groups in total. The number of hydrogen-bond donors (Lipinski definition) is 1. The van der Waals surface area contributed by atoms with E-state index in [1.54, 1.807) is 6.92 Å². The van der Waals surface area contributed by atoms with Crippen molar-refractivity contribution < 1.29 is 47.9 Å². The van der Waals surface area contributed by atoms with E-state index in [2.05, 4.69) is 0 Å². The molecule has 5 aliphatic rings. The Kier molecular flexibility index (Phi) is 5.04. The van der Waals surface area contributed by atoms with E-state index in [0.29, 0.717) is 12.8 Å². The van der Waals surface area contributed by atoms with Gasteiger partial charge in [0.1, 0.15) is 17.8 Å². The minimum atomic E-state index is -1.42. The van der Waals surface area contributed by atoms with Gasteiger partial charge in [-0.3, -0.25) is 9.59 Å². The van der Waals surface area contributed by atoms with Gasteiger partial charge in [0.15, 0.2) is 12.4 Å². The first-order valence-corrected chi connectivity index (χ1v) is 11.9. The van der Waals surface area contributed by atoms with Crippen LogP contribution in [0.2, 0.25) is 0 Å². The molecule has 0 aromatic heterocycles. The average molecular weight is 483 g/mol. The molecule has 11 atom stereocenters. The maximum absolute atomic E-state index is 13.1. The van der Waals surface area contributed by atoms with Crippen LogP contribution in [-0.2, 0) is 42.8 Å². The number of aliphatic hydroxyl groups excluding tert-OH is 1. The average Bonchev–Trinajstić information content (AvgIpc) is 3.41. The second kappa shape index (κ2) is 7.15. The van der Waals surface area contributed by atoms with E-state index in [1.807, 2.05) is 20.8 Å². The zero-order chi connectivity index (χ0) is 25.0. The van der Waals surface area contributed by atoms with E-state index >= 15 is 0 Å². The predicted octanol–water partition coefficient (Wildman–Crippen LogP) is 1.17. The van der Waals surface area contributed by atoms with Crippen molar-refractivity contribution in [3.8, 4) is 0 Å². The minimum absolute atomic E-state index is 0.427. The highest BCUT2D eigenvalue weighted by molar-refractivity contribution is 5.80. The number of carbonyl (C=O) groups excluding carboxylic acids is 3. The summed E-state index contributed by atoms with van der Waals surface area (Å²) in [6.07, 6.45) is -4.05. The molecule has 3 aliphatic heterocycles. The van der Waals surface area contributed by atoms with Crippen LogP contribution in [0, 0.1) is 34.0 Å². The van der Waals surface area contributed by atoms with Gasteiger partial charge in [0.05, 0.1) is 23.9 Å². The number of carbonyl (C=O) groups is 3. The molecule has 0 radical (unpaired) electrons. The summed E-state index contributed by atoms with van der Waals surface area (Å²) in [7, 11) is 2.77. The third-order valence-corrected chi connectivity index (χ3v) is 9.35. The summed E-state index contributed by atoms with van der Waals surface area (Å²) in [6, 6.07) is 0. The maximum atomic E-state index is 13.1. The SMILES string of the molecule is COC(=O)C(C)C1CCC23C4O[C@H](O)C12OC1OC(=O)[C@H](OC)C13C(C(C)(C)C)[C@H]4OC(C)=O. The van der Waals surface area contributed by atoms with Crippen molar-refractivity contribution in [2.45, 2.75) is 84.0 Å². The molecule has 3 saturated heterocycles. The van der Waals surface area contributed by atoms with Gasteiger partial charge in [-0.2, -0.15) is 0 Å². The molecular weight excluding hydrogens is 448 g/mol. The molecule has 2 saturated carbocycles. The van der Waals surface area contributed by atoms with E-state index in [-0.39, 0.29) is 0 Å². The van der Waals surface area contributed by atoms with Crippen LogP contribution < -0.4 is 0 Å². The van der Waals surface area contributed by atoms with E-state index in [4.69, 9.17) is 28.4 Å². The number of hydrogen-bond acceptors (Lipinski definition) is 10. The molecular formula is C24H34O10. The van der Waals surface area contributed by atoms with Crippen LogP contribution in [0.25, 0.3) is 0 Å². The normalized spacial score (nSPS) is 49.3. The topological polar surface area (TPSA) is 127 Å². The first-order valence-electron chi connectivity index (χ1n) is 11.9. The number of methoxy groups -OCH3 is 2. The molecule has 10 heteroatoms. The zero-order valence-corrected chi connectivity index (χ0v) is 20.7. The van der Waals surface area contributed by atoms with Crippen LogP contribution in [0.1, 0.15) is 47.5 Å². The Bertz CT molecular complexity index is 927. The molecule has 5 fully saturated rings. The third kappa shape index (κ3) is 2.34. The maximum Gasteiger partial charge on any atom is 0.338 e. The Labute approximate surface area is 198 Å². The summed E-state index contributed by atoms with van der Waals surface area (Å²) in [4.78, 5) is 38.0. The molecule has 2 aliphatic carbocycles. The molecule has 8 unspecified atom stereocenters. The molecule has 190 valence electrons. The summed E-state index contributed by atoms with van der Waals surface area (Å²) in [5.74, 6) is -3.03. The van der Waals surface area contributed by atoms with Gasteiger partial charge in [-0.1, -0.05) is 27.7 Å². The van der Waals surface area contributed by atoms with Crippen molar-refractivity contribution in [3.63, 3.8) is 0 Å². The summed E-state index contributed by atoms with van der Waals surface area (Å²) < 4.78 is 35.4. The Morgan fingerprint density at radius 3 is 2.47 bits per heavy atom. The standard InChI is InChI=1S/C24H34O10/c1-10(17(26)30-7)12-8-9-22-15-13(31-11(2)25)14(21(3,4)5)23(22)16(29-6)18(27)33-20(23)34-24(12,22)19(28)32-15/h10,12-16,19-20,28H,8-9H2,1-7H3/t10?,12?,13-,14?,15?,16+,19+,20?,22?,23?,24?/m1/s1. The van der Waals surface area contributed by atoms with Crippen LogP contribution >= 0.6 is 0 Å². The van der Waals surface area contributed by atoms with E-state index in [0.717, 1.165) is 0 Å². The third-order valence-electron chi connectivity index (χ3n) is 9.35. The Morgan fingerprint density at radius 2 is 1.91 bits per heavy atom. The van der Waals surface area contributed by atoms with Crippen molar-refractivity contribution in [1.29, 1.82) is 0 Å². The highest BCUT2D eigenvalue weighted by atomic mass is 16.8.